The van der Waals surface area contributed by atoms with Crippen LogP contribution in [0.25, 0.3) is 0 Å². The lowest BCUT2D eigenvalue weighted by Gasteiger charge is -2.20. The number of likely N-dealkylation sites (N-methyl/N-ethyl adjacent to an activating group) is 1. The van der Waals surface area contributed by atoms with Crippen molar-refractivity contribution in [2.75, 3.05) is 13.6 Å². The highest BCUT2D eigenvalue weighted by molar-refractivity contribution is 5.82. The molecule has 0 aliphatic carbocycles. The van der Waals surface area contributed by atoms with Gasteiger partial charge in [-0.3, -0.25) is 0 Å². The van der Waals surface area contributed by atoms with E-state index in [0.29, 0.717) is 12.1 Å². The van der Waals surface area contributed by atoms with E-state index in [2.05, 4.69) is 11.9 Å². The smallest absolute Gasteiger partial charge is 0.326 e. The van der Waals surface area contributed by atoms with Crippen molar-refractivity contribution in [1.82, 2.24) is 10.2 Å². The van der Waals surface area contributed by atoms with E-state index in [0.717, 1.165) is 0 Å². The van der Waals surface area contributed by atoms with Gasteiger partial charge in [0.2, 0.25) is 0 Å². The van der Waals surface area contributed by atoms with Crippen LogP contribution in [0.3, 0.4) is 0 Å². The summed E-state index contributed by atoms with van der Waals surface area (Å²) >= 11 is 0. The van der Waals surface area contributed by atoms with Gasteiger partial charge in [-0.2, -0.15) is 0 Å². The van der Waals surface area contributed by atoms with Gasteiger partial charge in [0.15, 0.2) is 0 Å². The summed E-state index contributed by atoms with van der Waals surface area (Å²) in [5.74, 6) is -1.01. The number of urea groups is 1. The van der Waals surface area contributed by atoms with Crippen LogP contribution in [0.5, 0.6) is 5.75 Å². The number of carbonyl (C=O) groups excluding carboxylic acids is 1. The lowest BCUT2D eigenvalue weighted by molar-refractivity contribution is -0.139. The lowest BCUT2D eigenvalue weighted by atomic mass is 10.1. The van der Waals surface area contributed by atoms with E-state index < -0.39 is 18.0 Å². The third-order valence-corrected chi connectivity index (χ3v) is 2.72. The predicted octanol–water partition coefficient (Wildman–Crippen LogP) is 1.22. The molecule has 0 saturated heterocycles. The van der Waals surface area contributed by atoms with E-state index in [1.54, 1.807) is 25.3 Å². The number of hydrogen-bond donors (Lipinski definition) is 3. The predicted molar refractivity (Wildman–Crippen MR) is 74.6 cm³/mol. The van der Waals surface area contributed by atoms with E-state index in [9.17, 15) is 14.7 Å². The van der Waals surface area contributed by atoms with E-state index in [4.69, 9.17) is 5.11 Å². The molecule has 0 saturated carbocycles. The molecule has 0 spiro atoms. The molecule has 2 amide bonds. The molecule has 1 atom stereocenters. The third-order valence-electron chi connectivity index (χ3n) is 2.72. The second-order valence-electron chi connectivity index (χ2n) is 4.38. The van der Waals surface area contributed by atoms with Gasteiger partial charge in [0, 0.05) is 20.0 Å². The van der Waals surface area contributed by atoms with E-state index >= 15 is 0 Å². The molecular weight excluding hydrogens is 260 g/mol. The Kier molecular flexibility index (Phi) is 5.58. The molecule has 3 N–H and O–H groups in total. The fraction of sp³-hybridized carbons (Fsp3) is 0.286. The molecule has 6 nitrogen and oxygen atoms in total. The molecule has 1 aromatic rings. The minimum Gasteiger partial charge on any atom is -0.508 e. The summed E-state index contributed by atoms with van der Waals surface area (Å²) in [6.07, 6.45) is 1.69. The van der Waals surface area contributed by atoms with Crippen molar-refractivity contribution in [3.05, 3.63) is 42.5 Å². The molecule has 0 unspecified atom stereocenters. The number of phenols is 1. The number of amides is 2. The maximum absolute atomic E-state index is 11.8. The lowest BCUT2D eigenvalue weighted by Crippen LogP contribution is -2.47. The highest BCUT2D eigenvalue weighted by atomic mass is 16.4. The second kappa shape index (κ2) is 7.18. The van der Waals surface area contributed by atoms with Gasteiger partial charge in [0.05, 0.1) is 0 Å². The Bertz CT molecular complexity index is 484. The van der Waals surface area contributed by atoms with Crippen molar-refractivity contribution < 1.29 is 19.8 Å². The molecule has 0 heterocycles. The third kappa shape index (κ3) is 4.64. The number of carboxylic acid groups (broad SMARTS) is 1. The molecule has 108 valence electrons. The number of nitrogens with one attached hydrogen (secondary N) is 1. The number of nitrogens with zero attached hydrogens (tertiary/aromatic N) is 1. The van der Waals surface area contributed by atoms with E-state index in [1.165, 1.54) is 17.0 Å². The van der Waals surface area contributed by atoms with Gasteiger partial charge in [-0.05, 0) is 17.7 Å². The maximum Gasteiger partial charge on any atom is 0.326 e. The standard InChI is InChI=1S/C14H18N2O4/c1-3-8-16(2)14(20)15-12(13(18)19)9-10-4-6-11(17)7-5-10/h3-7,12,17H,1,8-9H2,2H3,(H,15,20)(H,18,19)/t12-/m0/s1. The van der Waals surface area contributed by atoms with Crippen LogP contribution in [0.15, 0.2) is 36.9 Å². The first-order chi connectivity index (χ1) is 9.43. The van der Waals surface area contributed by atoms with E-state index in [-0.39, 0.29) is 12.2 Å². The fourth-order valence-corrected chi connectivity index (χ4v) is 1.60. The molecule has 1 rings (SSSR count). The first kappa shape index (κ1) is 15.6. The van der Waals surface area contributed by atoms with Crippen LogP contribution in [0.2, 0.25) is 0 Å². The fourth-order valence-electron chi connectivity index (χ4n) is 1.60. The Morgan fingerprint density at radius 2 is 2.00 bits per heavy atom. The van der Waals surface area contributed by atoms with Gasteiger partial charge in [-0.1, -0.05) is 18.2 Å². The number of hydrogen-bond acceptors (Lipinski definition) is 3. The molecule has 0 bridgehead atoms. The Labute approximate surface area is 117 Å². The number of benzene rings is 1. The molecule has 1 aromatic carbocycles. The van der Waals surface area contributed by atoms with Gasteiger partial charge < -0.3 is 20.4 Å². The SMILES string of the molecule is C=CCN(C)C(=O)N[C@@H](Cc1ccc(O)cc1)C(=O)O. The largest absolute Gasteiger partial charge is 0.508 e. The Morgan fingerprint density at radius 3 is 2.50 bits per heavy atom. The van der Waals surface area contributed by atoms with Gasteiger partial charge in [0.1, 0.15) is 11.8 Å². The molecule has 0 aliphatic rings. The van der Waals surface area contributed by atoms with Crippen molar-refractivity contribution in [2.45, 2.75) is 12.5 Å². The summed E-state index contributed by atoms with van der Waals surface area (Å²) in [4.78, 5) is 24.3. The minimum absolute atomic E-state index is 0.107. The van der Waals surface area contributed by atoms with Crippen LogP contribution in [0.4, 0.5) is 4.79 Å². The first-order valence-corrected chi connectivity index (χ1v) is 6.07. The van der Waals surface area contributed by atoms with Crippen LogP contribution < -0.4 is 5.32 Å². The van der Waals surface area contributed by atoms with Crippen LogP contribution in [0, 0.1) is 0 Å². The summed E-state index contributed by atoms with van der Waals surface area (Å²) in [7, 11) is 1.55. The average molecular weight is 278 g/mol. The first-order valence-electron chi connectivity index (χ1n) is 6.07. The highest BCUT2D eigenvalue weighted by Gasteiger charge is 2.21. The summed E-state index contributed by atoms with van der Waals surface area (Å²) in [5, 5.41) is 20.8. The number of carboxylic acids is 1. The molecule has 0 aromatic heterocycles. The van der Waals surface area contributed by atoms with Crippen LogP contribution in [-0.4, -0.2) is 46.7 Å². The molecule has 6 heteroatoms. The summed E-state index contributed by atoms with van der Waals surface area (Å²) in [6, 6.07) is 4.67. The van der Waals surface area contributed by atoms with Crippen molar-refractivity contribution in [3.8, 4) is 5.75 Å². The van der Waals surface area contributed by atoms with Crippen molar-refractivity contribution in [1.29, 1.82) is 0 Å². The van der Waals surface area contributed by atoms with E-state index in [1.807, 2.05) is 0 Å². The Balaban J connectivity index is 2.70. The van der Waals surface area contributed by atoms with Gasteiger partial charge in [-0.15, -0.1) is 6.58 Å². The zero-order valence-corrected chi connectivity index (χ0v) is 11.2. The minimum atomic E-state index is -1.11. The van der Waals surface area contributed by atoms with Crippen molar-refractivity contribution in [3.63, 3.8) is 0 Å². The summed E-state index contributed by atoms with van der Waals surface area (Å²) in [5.41, 5.74) is 0.710. The topological polar surface area (TPSA) is 89.9 Å². The van der Waals surface area contributed by atoms with Crippen molar-refractivity contribution >= 4 is 12.0 Å². The van der Waals surface area contributed by atoms with Crippen LogP contribution >= 0.6 is 0 Å². The van der Waals surface area contributed by atoms with Gasteiger partial charge in [-0.25, -0.2) is 9.59 Å². The van der Waals surface area contributed by atoms with Crippen molar-refractivity contribution in [2.24, 2.45) is 0 Å². The quantitative estimate of drug-likeness (QED) is 0.682. The van der Waals surface area contributed by atoms with Gasteiger partial charge >= 0.3 is 12.0 Å². The maximum atomic E-state index is 11.8. The zero-order chi connectivity index (χ0) is 15.1. The Hall–Kier alpha value is -2.50. The van der Waals surface area contributed by atoms with Gasteiger partial charge in [0.25, 0.3) is 0 Å². The summed E-state index contributed by atoms with van der Waals surface area (Å²) in [6.45, 7) is 3.84. The number of carbonyl (C=O) groups is 2. The normalized spacial score (nSPS) is 11.4. The zero-order valence-electron chi connectivity index (χ0n) is 11.2. The highest BCUT2D eigenvalue weighted by Crippen LogP contribution is 2.11. The Morgan fingerprint density at radius 1 is 1.40 bits per heavy atom. The number of phenolic OH excluding ortho intramolecular Hbond substituents is 1. The monoisotopic (exact) mass is 278 g/mol. The number of aliphatic carboxylic acids is 1. The molecular formula is C14H18N2O4. The molecule has 0 aliphatic heterocycles. The van der Waals surface area contributed by atoms with Crippen LogP contribution in [0.1, 0.15) is 5.56 Å². The molecule has 0 fully saturated rings. The average Bonchev–Trinajstić information content (AvgIpc) is 2.40. The van der Waals surface area contributed by atoms with Crippen LogP contribution in [-0.2, 0) is 11.2 Å². The summed E-state index contributed by atoms with van der Waals surface area (Å²) < 4.78 is 0. The number of aromatic hydroxyl groups is 1. The molecule has 20 heavy (non-hydrogen) atoms. The molecule has 0 radical (unpaired) electrons. The number of rotatable bonds is 6. The second-order valence-corrected chi connectivity index (χ2v) is 4.38.